The van der Waals surface area contributed by atoms with Gasteiger partial charge in [-0.3, -0.25) is 0 Å². The number of hydrogen-bond donors (Lipinski definition) is 0. The molecule has 0 fully saturated rings. The Morgan fingerprint density at radius 3 is 2.35 bits per heavy atom. The first kappa shape index (κ1) is 14.4. The standard InChI is InChI=1S/C14H6ClF4N/c15-11-6-8(4-5-12(11)16)13-9(7-20)2-1-3-10(13)14(17,18)19/h1-6H. The van der Waals surface area contributed by atoms with Crippen LogP contribution >= 0.6 is 11.6 Å². The van der Waals surface area contributed by atoms with E-state index in [4.69, 9.17) is 16.9 Å². The minimum Gasteiger partial charge on any atom is -0.205 e. The van der Waals surface area contributed by atoms with Gasteiger partial charge in [0.25, 0.3) is 0 Å². The predicted molar refractivity (Wildman–Crippen MR) is 66.6 cm³/mol. The maximum atomic E-state index is 13.1. The molecule has 2 aromatic rings. The molecule has 0 aromatic heterocycles. The fourth-order valence-corrected chi connectivity index (χ4v) is 2.02. The maximum Gasteiger partial charge on any atom is 0.417 e. The molecule has 0 aliphatic heterocycles. The number of hydrogen-bond acceptors (Lipinski definition) is 1. The number of rotatable bonds is 1. The molecule has 102 valence electrons. The van der Waals surface area contributed by atoms with Crippen LogP contribution in [0.4, 0.5) is 17.6 Å². The predicted octanol–water partition coefficient (Wildman–Crippen LogP) is 5.04. The summed E-state index contributed by atoms with van der Waals surface area (Å²) in [6, 6.07) is 8.18. The molecule has 0 saturated carbocycles. The Bertz CT molecular complexity index is 701. The Hall–Kier alpha value is -2.06. The number of nitrogens with zero attached hydrogens (tertiary/aromatic N) is 1. The molecule has 0 unspecified atom stereocenters. The van der Waals surface area contributed by atoms with E-state index in [2.05, 4.69) is 0 Å². The van der Waals surface area contributed by atoms with E-state index in [1.165, 1.54) is 6.07 Å². The third-order valence-corrected chi connectivity index (χ3v) is 2.99. The van der Waals surface area contributed by atoms with E-state index in [1.807, 2.05) is 0 Å². The zero-order valence-corrected chi connectivity index (χ0v) is 10.6. The van der Waals surface area contributed by atoms with Gasteiger partial charge in [-0.2, -0.15) is 18.4 Å². The molecule has 0 aliphatic carbocycles. The van der Waals surface area contributed by atoms with E-state index >= 15 is 0 Å². The largest absolute Gasteiger partial charge is 0.417 e. The van der Waals surface area contributed by atoms with Gasteiger partial charge in [0.05, 0.1) is 22.2 Å². The fraction of sp³-hybridized carbons (Fsp3) is 0.0714. The van der Waals surface area contributed by atoms with Gasteiger partial charge < -0.3 is 0 Å². The van der Waals surface area contributed by atoms with Gasteiger partial charge in [0.1, 0.15) is 5.82 Å². The smallest absolute Gasteiger partial charge is 0.205 e. The van der Waals surface area contributed by atoms with E-state index in [0.717, 1.165) is 30.3 Å². The molecule has 0 N–H and O–H groups in total. The van der Waals surface area contributed by atoms with Gasteiger partial charge in [0.15, 0.2) is 0 Å². The molecular weight excluding hydrogens is 294 g/mol. The average molecular weight is 300 g/mol. The molecule has 20 heavy (non-hydrogen) atoms. The summed E-state index contributed by atoms with van der Waals surface area (Å²) in [7, 11) is 0. The van der Waals surface area contributed by atoms with Crippen molar-refractivity contribution in [1.29, 1.82) is 5.26 Å². The Labute approximate surface area is 117 Å². The Kier molecular flexibility index (Phi) is 3.69. The summed E-state index contributed by atoms with van der Waals surface area (Å²) in [6.07, 6.45) is -4.62. The summed E-state index contributed by atoms with van der Waals surface area (Å²) in [5.41, 5.74) is -1.37. The van der Waals surface area contributed by atoms with Crippen LogP contribution in [0, 0.1) is 17.1 Å². The molecule has 0 spiro atoms. The quantitative estimate of drug-likeness (QED) is 0.677. The van der Waals surface area contributed by atoms with Crippen molar-refractivity contribution >= 4 is 11.6 Å². The number of alkyl halides is 3. The summed E-state index contributed by atoms with van der Waals surface area (Å²) < 4.78 is 52.2. The molecule has 0 bridgehead atoms. The molecule has 0 saturated heterocycles. The minimum absolute atomic E-state index is 0.0425. The van der Waals surface area contributed by atoms with Crippen LogP contribution in [-0.2, 0) is 6.18 Å². The van der Waals surface area contributed by atoms with Crippen LogP contribution in [0.1, 0.15) is 11.1 Å². The van der Waals surface area contributed by atoms with Gasteiger partial charge in [-0.25, -0.2) is 4.39 Å². The molecular formula is C14H6ClF4N. The molecule has 0 radical (unpaired) electrons. The highest BCUT2D eigenvalue weighted by atomic mass is 35.5. The van der Waals surface area contributed by atoms with Crippen molar-refractivity contribution < 1.29 is 17.6 Å². The van der Waals surface area contributed by atoms with Crippen LogP contribution in [-0.4, -0.2) is 0 Å². The van der Waals surface area contributed by atoms with Gasteiger partial charge in [0.2, 0.25) is 0 Å². The summed E-state index contributed by atoms with van der Waals surface area (Å²) in [6.45, 7) is 0. The van der Waals surface area contributed by atoms with Crippen LogP contribution in [0.15, 0.2) is 36.4 Å². The van der Waals surface area contributed by atoms with Crippen LogP contribution < -0.4 is 0 Å². The first-order chi connectivity index (χ1) is 9.34. The van der Waals surface area contributed by atoms with Gasteiger partial charge in [-0.05, 0) is 29.8 Å². The first-order valence-electron chi connectivity index (χ1n) is 5.40. The molecule has 0 atom stereocenters. The minimum atomic E-state index is -4.62. The zero-order valence-electron chi connectivity index (χ0n) is 9.80. The summed E-state index contributed by atoms with van der Waals surface area (Å²) in [4.78, 5) is 0. The normalized spacial score (nSPS) is 11.2. The van der Waals surface area contributed by atoms with Crippen LogP contribution in [0.5, 0.6) is 0 Å². The van der Waals surface area contributed by atoms with Gasteiger partial charge in [-0.15, -0.1) is 0 Å². The van der Waals surface area contributed by atoms with E-state index < -0.39 is 17.6 Å². The second-order valence-corrected chi connectivity index (χ2v) is 4.37. The van der Waals surface area contributed by atoms with Crippen molar-refractivity contribution in [2.24, 2.45) is 0 Å². The maximum absolute atomic E-state index is 13.1. The molecule has 0 aliphatic rings. The summed E-state index contributed by atoms with van der Waals surface area (Å²) >= 11 is 5.59. The Balaban J connectivity index is 2.78. The Morgan fingerprint density at radius 1 is 1.10 bits per heavy atom. The lowest BCUT2D eigenvalue weighted by Crippen LogP contribution is -2.08. The highest BCUT2D eigenvalue weighted by molar-refractivity contribution is 6.31. The fourth-order valence-electron chi connectivity index (χ4n) is 1.84. The van der Waals surface area contributed by atoms with E-state index in [1.54, 1.807) is 6.07 Å². The van der Waals surface area contributed by atoms with Crippen LogP contribution in [0.2, 0.25) is 5.02 Å². The summed E-state index contributed by atoms with van der Waals surface area (Å²) in [5, 5.41) is 8.67. The molecule has 2 rings (SSSR count). The molecule has 2 aromatic carbocycles. The van der Waals surface area contributed by atoms with Crippen molar-refractivity contribution in [1.82, 2.24) is 0 Å². The first-order valence-corrected chi connectivity index (χ1v) is 5.78. The highest BCUT2D eigenvalue weighted by Gasteiger charge is 2.34. The lowest BCUT2D eigenvalue weighted by molar-refractivity contribution is -0.137. The highest BCUT2D eigenvalue weighted by Crippen LogP contribution is 2.39. The van der Waals surface area contributed by atoms with Crippen molar-refractivity contribution in [2.75, 3.05) is 0 Å². The van der Waals surface area contributed by atoms with Crippen molar-refractivity contribution in [3.63, 3.8) is 0 Å². The van der Waals surface area contributed by atoms with Crippen LogP contribution in [0.3, 0.4) is 0 Å². The lowest BCUT2D eigenvalue weighted by atomic mass is 9.94. The van der Waals surface area contributed by atoms with Crippen molar-refractivity contribution in [2.45, 2.75) is 6.18 Å². The molecule has 0 amide bonds. The monoisotopic (exact) mass is 299 g/mol. The van der Waals surface area contributed by atoms with Crippen molar-refractivity contribution in [3.8, 4) is 17.2 Å². The van der Waals surface area contributed by atoms with E-state index in [0.29, 0.717) is 0 Å². The van der Waals surface area contributed by atoms with E-state index in [-0.39, 0.29) is 21.7 Å². The van der Waals surface area contributed by atoms with Gasteiger partial charge in [-0.1, -0.05) is 23.7 Å². The zero-order chi connectivity index (χ0) is 14.9. The third-order valence-electron chi connectivity index (χ3n) is 2.70. The second-order valence-electron chi connectivity index (χ2n) is 3.97. The number of benzene rings is 2. The number of nitriles is 1. The van der Waals surface area contributed by atoms with Crippen molar-refractivity contribution in [3.05, 3.63) is 58.4 Å². The summed E-state index contributed by atoms with van der Waals surface area (Å²) in [5.74, 6) is -0.738. The molecule has 6 heteroatoms. The van der Waals surface area contributed by atoms with Gasteiger partial charge in [0, 0.05) is 5.56 Å². The third kappa shape index (κ3) is 2.61. The second kappa shape index (κ2) is 5.14. The topological polar surface area (TPSA) is 23.8 Å². The van der Waals surface area contributed by atoms with E-state index in [9.17, 15) is 17.6 Å². The van der Waals surface area contributed by atoms with Gasteiger partial charge >= 0.3 is 6.18 Å². The lowest BCUT2D eigenvalue weighted by Gasteiger charge is -2.14. The molecule has 0 heterocycles. The SMILES string of the molecule is N#Cc1cccc(C(F)(F)F)c1-c1ccc(F)c(Cl)c1. The molecule has 1 nitrogen and oxygen atoms in total. The number of halogens is 5. The Morgan fingerprint density at radius 2 is 1.80 bits per heavy atom. The average Bonchev–Trinajstić information content (AvgIpc) is 2.40. The van der Waals surface area contributed by atoms with Crippen LogP contribution in [0.25, 0.3) is 11.1 Å².